The highest BCUT2D eigenvalue weighted by molar-refractivity contribution is 7.13. The van der Waals surface area contributed by atoms with Crippen LogP contribution in [-0.4, -0.2) is 72.3 Å². The Bertz CT molecular complexity index is 693. The second-order valence-corrected chi connectivity index (χ2v) is 9.72. The number of carbonyl (C=O) groups excluding carboxylic acids is 2. The topological polar surface area (TPSA) is 43.9 Å². The molecular formula is C20H29N3O2S. The molecule has 0 aromatic carbocycles. The minimum absolute atomic E-state index is 0.180. The SMILES string of the molecule is Cc1ccc(C(=O)N2CCC3(CCC(=O)N([C@H]4CCN(C)C4)C3)CC2)s1. The summed E-state index contributed by atoms with van der Waals surface area (Å²) in [5.74, 6) is 0.516. The Morgan fingerprint density at radius 1 is 1.19 bits per heavy atom. The number of likely N-dealkylation sites (tertiary alicyclic amines) is 3. The molecule has 3 saturated heterocycles. The standard InChI is InChI=1S/C20H29N3O2S/c1-15-3-4-17(26-15)19(25)22-11-8-20(9-12-22)7-5-18(24)23(14-20)16-6-10-21(2)13-16/h3-4,16H,5-14H2,1-2H3/t16-/m0/s1. The Balaban J connectivity index is 1.39. The monoisotopic (exact) mass is 375 g/mol. The van der Waals surface area contributed by atoms with Crippen molar-refractivity contribution >= 4 is 23.2 Å². The molecule has 0 N–H and O–H groups in total. The van der Waals surface area contributed by atoms with Crippen molar-refractivity contribution in [2.24, 2.45) is 5.41 Å². The molecule has 1 aromatic heterocycles. The molecule has 1 atom stereocenters. The second-order valence-electron chi connectivity index (χ2n) is 8.43. The number of likely N-dealkylation sites (N-methyl/N-ethyl adjacent to an activating group) is 1. The van der Waals surface area contributed by atoms with Crippen LogP contribution >= 0.6 is 11.3 Å². The number of thiophene rings is 1. The predicted octanol–water partition coefficient (Wildman–Crippen LogP) is 2.61. The van der Waals surface area contributed by atoms with Gasteiger partial charge in [-0.1, -0.05) is 0 Å². The quantitative estimate of drug-likeness (QED) is 0.798. The van der Waals surface area contributed by atoms with Gasteiger partial charge >= 0.3 is 0 Å². The van der Waals surface area contributed by atoms with E-state index >= 15 is 0 Å². The van der Waals surface area contributed by atoms with E-state index in [0.717, 1.165) is 63.3 Å². The van der Waals surface area contributed by atoms with E-state index in [1.54, 1.807) is 11.3 Å². The summed E-state index contributed by atoms with van der Waals surface area (Å²) in [7, 11) is 2.14. The molecule has 0 aliphatic carbocycles. The van der Waals surface area contributed by atoms with Crippen molar-refractivity contribution in [1.82, 2.24) is 14.7 Å². The fraction of sp³-hybridized carbons (Fsp3) is 0.700. The zero-order valence-electron chi connectivity index (χ0n) is 15.9. The summed E-state index contributed by atoms with van der Waals surface area (Å²) in [6.07, 6.45) is 4.81. The highest BCUT2D eigenvalue weighted by Crippen LogP contribution is 2.41. The van der Waals surface area contributed by atoms with E-state index < -0.39 is 0 Å². The lowest BCUT2D eigenvalue weighted by atomic mass is 9.72. The summed E-state index contributed by atoms with van der Waals surface area (Å²) in [4.78, 5) is 33.8. The van der Waals surface area contributed by atoms with Gasteiger partial charge in [0.2, 0.25) is 5.91 Å². The van der Waals surface area contributed by atoms with Gasteiger partial charge in [0.05, 0.1) is 4.88 Å². The minimum atomic E-state index is 0.180. The highest BCUT2D eigenvalue weighted by Gasteiger charge is 2.44. The first kappa shape index (κ1) is 18.0. The lowest BCUT2D eigenvalue weighted by Gasteiger charge is -2.48. The molecule has 4 heterocycles. The predicted molar refractivity (Wildman–Crippen MR) is 103 cm³/mol. The minimum Gasteiger partial charge on any atom is -0.338 e. The molecule has 142 valence electrons. The van der Waals surface area contributed by atoms with Crippen LogP contribution in [0.2, 0.25) is 0 Å². The number of rotatable bonds is 2. The Hall–Kier alpha value is -1.40. The van der Waals surface area contributed by atoms with Crippen LogP contribution in [0.1, 0.15) is 46.7 Å². The Labute approximate surface area is 159 Å². The lowest BCUT2D eigenvalue weighted by Crippen LogP contribution is -2.55. The van der Waals surface area contributed by atoms with Gasteiger partial charge < -0.3 is 14.7 Å². The molecule has 26 heavy (non-hydrogen) atoms. The molecule has 3 aliphatic rings. The van der Waals surface area contributed by atoms with Gasteiger partial charge in [0, 0.05) is 43.5 Å². The summed E-state index contributed by atoms with van der Waals surface area (Å²) in [5, 5.41) is 0. The molecule has 6 heteroatoms. The van der Waals surface area contributed by atoms with E-state index in [2.05, 4.69) is 16.8 Å². The smallest absolute Gasteiger partial charge is 0.263 e. The van der Waals surface area contributed by atoms with Crippen molar-refractivity contribution in [1.29, 1.82) is 0 Å². The number of hydrogen-bond acceptors (Lipinski definition) is 4. The van der Waals surface area contributed by atoms with Crippen molar-refractivity contribution in [2.75, 3.05) is 39.8 Å². The maximum absolute atomic E-state index is 12.7. The van der Waals surface area contributed by atoms with Crippen molar-refractivity contribution < 1.29 is 9.59 Å². The van der Waals surface area contributed by atoms with E-state index in [9.17, 15) is 9.59 Å². The largest absolute Gasteiger partial charge is 0.338 e. The van der Waals surface area contributed by atoms with Crippen LogP contribution in [0.15, 0.2) is 12.1 Å². The van der Waals surface area contributed by atoms with Gasteiger partial charge in [-0.05, 0) is 63.7 Å². The fourth-order valence-corrected chi connectivity index (χ4v) is 5.68. The van der Waals surface area contributed by atoms with Crippen LogP contribution in [0.3, 0.4) is 0 Å². The third-order valence-electron chi connectivity index (χ3n) is 6.56. The van der Waals surface area contributed by atoms with Gasteiger partial charge in [0.25, 0.3) is 5.91 Å². The lowest BCUT2D eigenvalue weighted by molar-refractivity contribution is -0.141. The van der Waals surface area contributed by atoms with Crippen LogP contribution in [-0.2, 0) is 4.79 Å². The molecule has 2 amide bonds. The zero-order valence-corrected chi connectivity index (χ0v) is 16.7. The number of nitrogens with zero attached hydrogens (tertiary/aromatic N) is 3. The van der Waals surface area contributed by atoms with Crippen molar-refractivity contribution in [2.45, 2.75) is 45.1 Å². The number of carbonyl (C=O) groups is 2. The first-order chi connectivity index (χ1) is 12.5. The number of amides is 2. The molecule has 3 fully saturated rings. The maximum atomic E-state index is 12.7. The van der Waals surface area contributed by atoms with E-state index in [-0.39, 0.29) is 11.3 Å². The van der Waals surface area contributed by atoms with E-state index in [4.69, 9.17) is 0 Å². The van der Waals surface area contributed by atoms with Crippen molar-refractivity contribution in [3.05, 3.63) is 21.9 Å². The number of hydrogen-bond donors (Lipinski definition) is 0. The van der Waals surface area contributed by atoms with Gasteiger partial charge in [-0.25, -0.2) is 0 Å². The summed E-state index contributed by atoms with van der Waals surface area (Å²) in [6.45, 7) is 6.67. The summed E-state index contributed by atoms with van der Waals surface area (Å²) in [6, 6.07) is 4.36. The number of aryl methyl sites for hydroxylation is 1. The molecule has 4 rings (SSSR count). The summed E-state index contributed by atoms with van der Waals surface area (Å²) >= 11 is 1.59. The van der Waals surface area contributed by atoms with Gasteiger partial charge in [-0.3, -0.25) is 9.59 Å². The van der Waals surface area contributed by atoms with Crippen LogP contribution in [0, 0.1) is 12.3 Å². The fourth-order valence-electron chi connectivity index (χ4n) is 4.84. The molecule has 0 bridgehead atoms. The van der Waals surface area contributed by atoms with E-state index in [0.29, 0.717) is 18.4 Å². The Kier molecular flexibility index (Phi) is 4.82. The maximum Gasteiger partial charge on any atom is 0.263 e. The molecule has 5 nitrogen and oxygen atoms in total. The molecule has 0 unspecified atom stereocenters. The third kappa shape index (κ3) is 3.41. The third-order valence-corrected chi connectivity index (χ3v) is 7.55. The van der Waals surface area contributed by atoms with Crippen molar-refractivity contribution in [3.8, 4) is 0 Å². The molecule has 3 aliphatic heterocycles. The molecule has 0 saturated carbocycles. The van der Waals surface area contributed by atoms with E-state index in [1.165, 1.54) is 4.88 Å². The first-order valence-corrected chi connectivity index (χ1v) is 10.6. The first-order valence-electron chi connectivity index (χ1n) is 9.80. The number of piperidine rings is 2. The summed E-state index contributed by atoms with van der Waals surface area (Å²) in [5.41, 5.74) is 0.219. The van der Waals surface area contributed by atoms with Gasteiger partial charge in [-0.15, -0.1) is 11.3 Å². The van der Waals surface area contributed by atoms with Gasteiger partial charge in [0.15, 0.2) is 0 Å². The molecule has 0 radical (unpaired) electrons. The van der Waals surface area contributed by atoms with Gasteiger partial charge in [-0.2, -0.15) is 0 Å². The molecule has 1 spiro atoms. The van der Waals surface area contributed by atoms with Crippen LogP contribution in [0.5, 0.6) is 0 Å². The van der Waals surface area contributed by atoms with Crippen LogP contribution in [0.25, 0.3) is 0 Å². The van der Waals surface area contributed by atoms with Crippen LogP contribution < -0.4 is 0 Å². The Morgan fingerprint density at radius 2 is 1.96 bits per heavy atom. The molecule has 1 aromatic rings. The van der Waals surface area contributed by atoms with E-state index in [1.807, 2.05) is 24.0 Å². The normalized spacial score (nSPS) is 26.7. The molecular weight excluding hydrogens is 346 g/mol. The highest BCUT2D eigenvalue weighted by atomic mass is 32.1. The van der Waals surface area contributed by atoms with Gasteiger partial charge in [0.1, 0.15) is 0 Å². The second kappa shape index (κ2) is 6.97. The zero-order chi connectivity index (χ0) is 18.3. The van der Waals surface area contributed by atoms with Crippen LogP contribution in [0.4, 0.5) is 0 Å². The van der Waals surface area contributed by atoms with Crippen molar-refractivity contribution in [3.63, 3.8) is 0 Å². The average molecular weight is 376 g/mol. The average Bonchev–Trinajstić information content (AvgIpc) is 3.26. The summed E-state index contributed by atoms with van der Waals surface area (Å²) < 4.78 is 0. The Morgan fingerprint density at radius 3 is 2.58 bits per heavy atom.